The lowest BCUT2D eigenvalue weighted by molar-refractivity contribution is -0.117. The van der Waals surface area contributed by atoms with Gasteiger partial charge in [-0.2, -0.15) is 0 Å². The Balaban J connectivity index is 1.41. The van der Waals surface area contributed by atoms with E-state index in [4.69, 9.17) is 9.47 Å². The quantitative estimate of drug-likeness (QED) is 0.543. The van der Waals surface area contributed by atoms with Gasteiger partial charge in [0.25, 0.3) is 0 Å². The number of amides is 1. The van der Waals surface area contributed by atoms with Gasteiger partial charge in [-0.05, 0) is 36.4 Å². The molecule has 0 bridgehead atoms. The number of nitrogens with one attached hydrogen (secondary N) is 1. The van der Waals surface area contributed by atoms with Crippen molar-refractivity contribution in [2.75, 3.05) is 26.1 Å². The number of aromatic nitrogens is 1. The third kappa shape index (κ3) is 4.95. The second-order valence-electron chi connectivity index (χ2n) is 6.87. The van der Waals surface area contributed by atoms with Crippen LogP contribution in [-0.4, -0.2) is 42.6 Å². The molecule has 1 saturated carbocycles. The second kappa shape index (κ2) is 8.94. The number of ether oxygens (including phenoxy) is 2. The maximum absolute atomic E-state index is 12.6. The van der Waals surface area contributed by atoms with Crippen LogP contribution < -0.4 is 14.8 Å². The van der Waals surface area contributed by atoms with Crippen LogP contribution in [0.3, 0.4) is 0 Å². The zero-order valence-corrected chi connectivity index (χ0v) is 18.0. The Kier molecular flexibility index (Phi) is 6.13. The fraction of sp³-hybridized carbons (Fsp3) is 0.333. The zero-order valence-electron chi connectivity index (χ0n) is 16.4. The summed E-state index contributed by atoms with van der Waals surface area (Å²) >= 11 is 3.14. The van der Waals surface area contributed by atoms with Gasteiger partial charge in [0.1, 0.15) is 11.5 Å². The summed E-state index contributed by atoms with van der Waals surface area (Å²) in [5.74, 6) is 1.37. The van der Waals surface area contributed by atoms with Crippen LogP contribution in [0.1, 0.15) is 17.7 Å². The summed E-state index contributed by atoms with van der Waals surface area (Å²) in [5, 5.41) is 7.54. The van der Waals surface area contributed by atoms with Crippen molar-refractivity contribution in [2.24, 2.45) is 0 Å². The number of rotatable bonds is 9. The maximum atomic E-state index is 12.6. The first-order valence-electron chi connectivity index (χ1n) is 9.40. The van der Waals surface area contributed by atoms with E-state index in [0.29, 0.717) is 23.5 Å². The third-order valence-electron chi connectivity index (χ3n) is 4.78. The van der Waals surface area contributed by atoms with E-state index in [1.807, 2.05) is 23.6 Å². The van der Waals surface area contributed by atoms with Crippen LogP contribution in [0.2, 0.25) is 0 Å². The van der Waals surface area contributed by atoms with Crippen molar-refractivity contribution >= 4 is 33.7 Å². The van der Waals surface area contributed by atoms with Gasteiger partial charge in [0.15, 0.2) is 5.13 Å². The molecule has 0 unspecified atom stereocenters. The number of hydrogen-bond acceptors (Lipinski definition) is 7. The lowest BCUT2D eigenvalue weighted by atomic mass is 10.1. The van der Waals surface area contributed by atoms with Crippen molar-refractivity contribution in [1.82, 2.24) is 9.88 Å². The number of thiophene rings is 1. The summed E-state index contributed by atoms with van der Waals surface area (Å²) in [6, 6.07) is 10.3. The maximum Gasteiger partial charge on any atom is 0.240 e. The minimum absolute atomic E-state index is 0.0314. The lowest BCUT2D eigenvalue weighted by Crippen LogP contribution is -2.34. The Hall–Kier alpha value is -2.42. The van der Waals surface area contributed by atoms with E-state index in [9.17, 15) is 4.79 Å². The number of nitrogens with zero attached hydrogens (tertiary/aromatic N) is 2. The topological polar surface area (TPSA) is 63.7 Å². The first-order valence-corrected chi connectivity index (χ1v) is 11.2. The number of benzene rings is 1. The Labute approximate surface area is 178 Å². The summed E-state index contributed by atoms with van der Waals surface area (Å²) in [4.78, 5) is 20.7. The molecule has 152 valence electrons. The molecule has 0 spiro atoms. The van der Waals surface area contributed by atoms with E-state index in [-0.39, 0.29) is 5.91 Å². The number of carbonyl (C=O) groups is 1. The second-order valence-corrected chi connectivity index (χ2v) is 8.76. The molecule has 1 aliphatic rings. The van der Waals surface area contributed by atoms with Gasteiger partial charge in [0, 0.05) is 34.5 Å². The van der Waals surface area contributed by atoms with E-state index in [1.54, 1.807) is 25.6 Å². The van der Waals surface area contributed by atoms with Crippen LogP contribution in [0.4, 0.5) is 5.13 Å². The Morgan fingerprint density at radius 2 is 2.10 bits per heavy atom. The van der Waals surface area contributed by atoms with Crippen LogP contribution in [0.15, 0.2) is 41.1 Å². The van der Waals surface area contributed by atoms with Crippen molar-refractivity contribution in [3.63, 3.8) is 0 Å². The molecule has 1 fully saturated rings. The molecule has 1 amide bonds. The van der Waals surface area contributed by atoms with E-state index in [0.717, 1.165) is 36.4 Å². The number of methoxy groups -OCH3 is 2. The predicted octanol–water partition coefficient (Wildman–Crippen LogP) is 4.49. The van der Waals surface area contributed by atoms with Crippen molar-refractivity contribution in [2.45, 2.75) is 25.4 Å². The smallest absolute Gasteiger partial charge is 0.240 e. The van der Waals surface area contributed by atoms with Gasteiger partial charge in [-0.25, -0.2) is 4.98 Å². The normalized spacial score (nSPS) is 13.5. The molecule has 1 N–H and O–H groups in total. The highest BCUT2D eigenvalue weighted by Gasteiger charge is 2.30. The SMILES string of the molecule is COc1ccc(-c2csc(NC(=O)CN(Cc3cccs3)C3CC3)n2)c(OC)c1. The van der Waals surface area contributed by atoms with Crippen LogP contribution in [0.5, 0.6) is 11.5 Å². The Bertz CT molecular complexity index is 967. The average molecular weight is 430 g/mol. The molecule has 29 heavy (non-hydrogen) atoms. The first kappa shape index (κ1) is 19.9. The van der Waals surface area contributed by atoms with Crippen molar-refractivity contribution in [1.29, 1.82) is 0 Å². The zero-order chi connectivity index (χ0) is 20.2. The fourth-order valence-corrected chi connectivity index (χ4v) is 4.62. The number of anilines is 1. The molecule has 8 heteroatoms. The molecule has 1 aliphatic carbocycles. The summed E-state index contributed by atoms with van der Waals surface area (Å²) in [6.45, 7) is 1.20. The summed E-state index contributed by atoms with van der Waals surface area (Å²) < 4.78 is 10.7. The molecule has 6 nitrogen and oxygen atoms in total. The van der Waals surface area contributed by atoms with Crippen LogP contribution >= 0.6 is 22.7 Å². The molecule has 2 aromatic heterocycles. The van der Waals surface area contributed by atoms with E-state index >= 15 is 0 Å². The standard InChI is InChI=1S/C21H23N3O3S2/c1-26-15-7-8-17(19(10-15)27-2)18-13-29-21(22-18)23-20(25)12-24(14-5-6-14)11-16-4-3-9-28-16/h3-4,7-10,13-14H,5-6,11-12H2,1-2H3,(H,22,23,25). The lowest BCUT2D eigenvalue weighted by Gasteiger charge is -2.20. The largest absolute Gasteiger partial charge is 0.497 e. The van der Waals surface area contributed by atoms with Crippen LogP contribution in [0, 0.1) is 0 Å². The van der Waals surface area contributed by atoms with Gasteiger partial charge >= 0.3 is 0 Å². The van der Waals surface area contributed by atoms with Crippen LogP contribution in [-0.2, 0) is 11.3 Å². The summed E-state index contributed by atoms with van der Waals surface area (Å²) in [5.41, 5.74) is 1.63. The molecule has 0 saturated heterocycles. The van der Waals surface area contributed by atoms with E-state index < -0.39 is 0 Å². The molecular weight excluding hydrogens is 406 g/mol. The molecular formula is C21H23N3O3S2. The predicted molar refractivity (Wildman–Crippen MR) is 117 cm³/mol. The van der Waals surface area contributed by atoms with Crippen molar-refractivity contribution < 1.29 is 14.3 Å². The van der Waals surface area contributed by atoms with Gasteiger partial charge in [0.05, 0.1) is 26.5 Å². The van der Waals surface area contributed by atoms with E-state index in [2.05, 4.69) is 32.7 Å². The number of thiazole rings is 1. The monoisotopic (exact) mass is 429 g/mol. The number of hydrogen-bond donors (Lipinski definition) is 1. The Morgan fingerprint density at radius 1 is 1.24 bits per heavy atom. The summed E-state index contributed by atoms with van der Waals surface area (Å²) in [7, 11) is 3.24. The van der Waals surface area contributed by atoms with E-state index in [1.165, 1.54) is 16.2 Å². The molecule has 2 heterocycles. The average Bonchev–Trinajstić information content (AvgIpc) is 3.27. The van der Waals surface area contributed by atoms with Gasteiger partial charge in [-0.3, -0.25) is 9.69 Å². The molecule has 4 rings (SSSR count). The molecule has 3 aromatic rings. The summed E-state index contributed by atoms with van der Waals surface area (Å²) in [6.07, 6.45) is 2.33. The minimum Gasteiger partial charge on any atom is -0.497 e. The fourth-order valence-electron chi connectivity index (χ4n) is 3.16. The first-order chi connectivity index (χ1) is 14.2. The molecule has 0 atom stereocenters. The number of carbonyl (C=O) groups excluding carboxylic acids is 1. The Morgan fingerprint density at radius 3 is 2.79 bits per heavy atom. The van der Waals surface area contributed by atoms with Gasteiger partial charge in [-0.1, -0.05) is 6.07 Å². The highest BCUT2D eigenvalue weighted by atomic mass is 32.1. The van der Waals surface area contributed by atoms with Gasteiger partial charge < -0.3 is 14.8 Å². The van der Waals surface area contributed by atoms with Crippen molar-refractivity contribution in [3.8, 4) is 22.8 Å². The van der Waals surface area contributed by atoms with Crippen LogP contribution in [0.25, 0.3) is 11.3 Å². The van der Waals surface area contributed by atoms with Crippen molar-refractivity contribution in [3.05, 3.63) is 46.0 Å². The van der Waals surface area contributed by atoms with Gasteiger partial charge in [-0.15, -0.1) is 22.7 Å². The van der Waals surface area contributed by atoms with Gasteiger partial charge in [0.2, 0.25) is 5.91 Å². The minimum atomic E-state index is -0.0314. The molecule has 1 aromatic carbocycles. The third-order valence-corrected chi connectivity index (χ3v) is 6.40. The molecule has 0 aliphatic heterocycles. The highest BCUT2D eigenvalue weighted by Crippen LogP contribution is 2.35. The highest BCUT2D eigenvalue weighted by molar-refractivity contribution is 7.14. The molecule has 0 radical (unpaired) electrons.